The molecule has 1 N–H and O–H groups in total. The van der Waals surface area contributed by atoms with E-state index >= 15 is 0 Å². The maximum Gasteiger partial charge on any atom is 0.243 e. The largest absolute Gasteiger partial charge is 0.508 e. The maximum atomic E-state index is 13.3. The lowest BCUT2D eigenvalue weighted by atomic mass is 9.92. The number of β-lactam (4-membered cyclic amide) rings is 1. The normalized spacial score (nSPS) is 18.4. The fourth-order valence-electron chi connectivity index (χ4n) is 3.28. The average molecular weight is 408 g/mol. The van der Waals surface area contributed by atoms with Gasteiger partial charge in [0.2, 0.25) is 5.91 Å². The molecular weight excluding hydrogens is 391 g/mol. The highest BCUT2D eigenvalue weighted by Gasteiger charge is 2.49. The van der Waals surface area contributed by atoms with Crippen LogP contribution in [0.15, 0.2) is 72.9 Å². The van der Waals surface area contributed by atoms with Gasteiger partial charge in [-0.15, -0.1) is 11.8 Å². The number of anilines is 1. The zero-order chi connectivity index (χ0) is 20.4. The Balaban J connectivity index is 1.57. The Hall–Kier alpha value is -3.19. The molecule has 5 nitrogen and oxygen atoms in total. The molecule has 1 amide bonds. The molecule has 146 valence electrons. The number of carbonyl (C=O) groups is 2. The zero-order valence-corrected chi connectivity index (χ0v) is 16.1. The molecule has 3 aromatic rings. The summed E-state index contributed by atoms with van der Waals surface area (Å²) in [4.78, 5) is 30.9. The van der Waals surface area contributed by atoms with E-state index in [0.29, 0.717) is 11.4 Å². The maximum absolute atomic E-state index is 13.3. The number of hydrogen-bond donors (Lipinski definition) is 1. The minimum absolute atomic E-state index is 0.124. The molecule has 0 bridgehead atoms. The monoisotopic (exact) mass is 408 g/mol. The summed E-state index contributed by atoms with van der Waals surface area (Å²) in [5, 5.41) is 9.12. The van der Waals surface area contributed by atoms with Crippen molar-refractivity contribution in [3.8, 4) is 5.75 Å². The van der Waals surface area contributed by atoms with Crippen molar-refractivity contribution in [3.63, 3.8) is 0 Å². The number of carbonyl (C=O) groups excluding carboxylic acids is 2. The van der Waals surface area contributed by atoms with Crippen LogP contribution in [0.25, 0.3) is 0 Å². The highest BCUT2D eigenvalue weighted by molar-refractivity contribution is 8.01. The first-order chi connectivity index (χ1) is 14.0. The minimum Gasteiger partial charge on any atom is -0.508 e. The summed E-state index contributed by atoms with van der Waals surface area (Å²) in [5.41, 5.74) is 1.78. The van der Waals surface area contributed by atoms with Crippen molar-refractivity contribution < 1.29 is 19.1 Å². The van der Waals surface area contributed by atoms with E-state index in [2.05, 4.69) is 4.98 Å². The third-order valence-electron chi connectivity index (χ3n) is 4.73. The minimum atomic E-state index is -0.461. The van der Waals surface area contributed by atoms with Crippen molar-refractivity contribution in [1.29, 1.82) is 0 Å². The summed E-state index contributed by atoms with van der Waals surface area (Å²) in [5.74, 6) is -0.419. The topological polar surface area (TPSA) is 70.5 Å². The van der Waals surface area contributed by atoms with Gasteiger partial charge in [0.1, 0.15) is 22.5 Å². The van der Waals surface area contributed by atoms with Crippen molar-refractivity contribution >= 4 is 29.1 Å². The zero-order valence-electron chi connectivity index (χ0n) is 15.2. The number of ketones is 1. The van der Waals surface area contributed by atoms with Crippen LogP contribution in [-0.4, -0.2) is 32.8 Å². The Bertz CT molecular complexity index is 1030. The number of phenols is 1. The average Bonchev–Trinajstić information content (AvgIpc) is 2.74. The van der Waals surface area contributed by atoms with E-state index < -0.39 is 5.25 Å². The standard InChI is InChI=1S/C22H17FN2O3S/c23-15-6-8-16(9-7-15)25-20(14-4-10-17(26)11-5-14)21(22(25)28)29-13-19(27)18-3-1-2-12-24-18/h1-12,20-21,26H,13H2/t20-,21-/m0/s1. The van der Waals surface area contributed by atoms with Crippen LogP contribution in [0.5, 0.6) is 5.75 Å². The number of hydrogen-bond acceptors (Lipinski definition) is 5. The number of phenolic OH excluding ortho intramolecular Hbond substituents is 1. The van der Waals surface area contributed by atoms with E-state index in [9.17, 15) is 19.1 Å². The third-order valence-corrected chi connectivity index (χ3v) is 5.98. The number of nitrogens with zero attached hydrogens (tertiary/aromatic N) is 2. The number of thioether (sulfide) groups is 1. The summed E-state index contributed by atoms with van der Waals surface area (Å²) in [6.07, 6.45) is 1.56. The molecule has 1 aromatic heterocycles. The van der Waals surface area contributed by atoms with Gasteiger partial charge < -0.3 is 10.0 Å². The number of amides is 1. The van der Waals surface area contributed by atoms with Crippen LogP contribution in [0, 0.1) is 5.82 Å². The second-order valence-electron chi connectivity index (χ2n) is 6.59. The molecular formula is C22H17FN2O3S. The van der Waals surface area contributed by atoms with E-state index in [1.807, 2.05) is 0 Å². The molecule has 1 aliphatic heterocycles. The highest BCUT2D eigenvalue weighted by Crippen LogP contribution is 2.45. The Kier molecular flexibility index (Phi) is 5.31. The van der Waals surface area contributed by atoms with Gasteiger partial charge in [-0.25, -0.2) is 4.39 Å². The fourth-order valence-corrected chi connectivity index (χ4v) is 4.47. The van der Waals surface area contributed by atoms with E-state index in [4.69, 9.17) is 0 Å². The number of aromatic hydroxyl groups is 1. The van der Waals surface area contributed by atoms with Gasteiger partial charge in [0.25, 0.3) is 0 Å². The lowest BCUT2D eigenvalue weighted by molar-refractivity contribution is -0.123. The molecule has 1 saturated heterocycles. The Morgan fingerprint density at radius 2 is 1.79 bits per heavy atom. The van der Waals surface area contributed by atoms with Crippen molar-refractivity contribution in [2.45, 2.75) is 11.3 Å². The molecule has 4 rings (SSSR count). The van der Waals surface area contributed by atoms with E-state index in [1.54, 1.807) is 65.7 Å². The van der Waals surface area contributed by atoms with Gasteiger partial charge in [-0.05, 0) is 54.1 Å². The van der Waals surface area contributed by atoms with Gasteiger partial charge in [0, 0.05) is 11.9 Å². The summed E-state index contributed by atoms with van der Waals surface area (Å²) >= 11 is 1.27. The number of pyridine rings is 1. The number of rotatable bonds is 6. The lowest BCUT2D eigenvalue weighted by Gasteiger charge is -2.47. The Labute approximate surface area is 171 Å². The van der Waals surface area contributed by atoms with Gasteiger partial charge >= 0.3 is 0 Å². The third kappa shape index (κ3) is 3.86. The molecule has 29 heavy (non-hydrogen) atoms. The number of aromatic nitrogens is 1. The van der Waals surface area contributed by atoms with E-state index in [1.165, 1.54) is 23.9 Å². The summed E-state index contributed by atoms with van der Waals surface area (Å²) in [6.45, 7) is 0. The van der Waals surface area contributed by atoms with Crippen molar-refractivity contribution in [3.05, 3.63) is 90.0 Å². The second-order valence-corrected chi connectivity index (χ2v) is 7.72. The van der Waals surface area contributed by atoms with Crippen LogP contribution in [0.4, 0.5) is 10.1 Å². The predicted molar refractivity (Wildman–Crippen MR) is 110 cm³/mol. The van der Waals surface area contributed by atoms with Gasteiger partial charge in [0.05, 0.1) is 11.8 Å². The lowest BCUT2D eigenvalue weighted by Crippen LogP contribution is -2.57. The summed E-state index contributed by atoms with van der Waals surface area (Å²) < 4.78 is 13.3. The molecule has 7 heteroatoms. The SMILES string of the molecule is O=C(CS[C@@H]1C(=O)N(c2ccc(F)cc2)[C@H]1c1ccc(O)cc1)c1ccccn1. The Morgan fingerprint density at radius 3 is 2.45 bits per heavy atom. The van der Waals surface area contributed by atoms with Crippen LogP contribution in [0.3, 0.4) is 0 Å². The van der Waals surface area contributed by atoms with E-state index in [-0.39, 0.29) is 35.1 Å². The molecule has 0 radical (unpaired) electrons. The molecule has 2 heterocycles. The summed E-state index contributed by atoms with van der Waals surface area (Å²) in [6, 6.07) is 17.1. The molecule has 0 aliphatic carbocycles. The van der Waals surface area contributed by atoms with Gasteiger partial charge in [-0.3, -0.25) is 14.6 Å². The number of halogens is 1. The Morgan fingerprint density at radius 1 is 1.07 bits per heavy atom. The molecule has 0 spiro atoms. The molecule has 2 atom stereocenters. The second kappa shape index (κ2) is 8.05. The van der Waals surface area contributed by atoms with Crippen LogP contribution in [-0.2, 0) is 4.79 Å². The number of benzene rings is 2. The summed E-state index contributed by atoms with van der Waals surface area (Å²) in [7, 11) is 0. The van der Waals surface area contributed by atoms with Crippen molar-refractivity contribution in [1.82, 2.24) is 4.98 Å². The first-order valence-corrected chi connectivity index (χ1v) is 10.0. The molecule has 1 fully saturated rings. The van der Waals surface area contributed by atoms with Crippen molar-refractivity contribution in [2.24, 2.45) is 0 Å². The van der Waals surface area contributed by atoms with Gasteiger partial charge in [-0.1, -0.05) is 18.2 Å². The highest BCUT2D eigenvalue weighted by atomic mass is 32.2. The van der Waals surface area contributed by atoms with E-state index in [0.717, 1.165) is 5.56 Å². The van der Waals surface area contributed by atoms with Crippen molar-refractivity contribution in [2.75, 3.05) is 10.7 Å². The first-order valence-electron chi connectivity index (χ1n) is 8.98. The predicted octanol–water partition coefficient (Wildman–Crippen LogP) is 4.00. The molecule has 0 unspecified atom stereocenters. The molecule has 0 saturated carbocycles. The van der Waals surface area contributed by atoms with Crippen LogP contribution in [0.1, 0.15) is 22.1 Å². The van der Waals surface area contributed by atoms with Gasteiger partial charge in [-0.2, -0.15) is 0 Å². The fraction of sp³-hybridized carbons (Fsp3) is 0.136. The quantitative estimate of drug-likeness (QED) is 0.493. The number of Topliss-reactive ketones (excluding diaryl/α,β-unsaturated/α-hetero) is 1. The smallest absolute Gasteiger partial charge is 0.243 e. The van der Waals surface area contributed by atoms with Crippen LogP contribution < -0.4 is 4.90 Å². The first kappa shape index (κ1) is 19.1. The van der Waals surface area contributed by atoms with Crippen LogP contribution >= 0.6 is 11.8 Å². The molecule has 2 aromatic carbocycles. The van der Waals surface area contributed by atoms with Crippen LogP contribution in [0.2, 0.25) is 0 Å². The van der Waals surface area contributed by atoms with Gasteiger partial charge in [0.15, 0.2) is 5.78 Å². The molecule has 1 aliphatic rings.